The first-order chi connectivity index (χ1) is 10.7. The molecule has 7 nitrogen and oxygen atoms in total. The molecule has 22 heavy (non-hydrogen) atoms. The molecule has 0 aromatic carbocycles. The molecule has 0 spiro atoms. The van der Waals surface area contributed by atoms with Crippen LogP contribution in [0.25, 0.3) is 0 Å². The number of nitrogens with one attached hydrogen (secondary N) is 1. The molecule has 8 heteroatoms. The summed E-state index contributed by atoms with van der Waals surface area (Å²) < 4.78 is 13.5. The third-order valence-electron chi connectivity index (χ3n) is 3.46. The summed E-state index contributed by atoms with van der Waals surface area (Å²) in [7, 11) is 0. The zero-order chi connectivity index (χ0) is 15.4. The van der Waals surface area contributed by atoms with Crippen LogP contribution in [0.1, 0.15) is 0 Å². The maximum Gasteiger partial charge on any atom is 0.322 e. The van der Waals surface area contributed by atoms with E-state index >= 15 is 0 Å². The Morgan fingerprint density at radius 1 is 1.18 bits per heavy atom. The molecule has 3 heterocycles. The second-order valence-electron chi connectivity index (χ2n) is 4.84. The Morgan fingerprint density at radius 3 is 2.68 bits per heavy atom. The third-order valence-corrected chi connectivity index (χ3v) is 3.46. The summed E-state index contributed by atoms with van der Waals surface area (Å²) in [5, 5.41) is 10.5. The van der Waals surface area contributed by atoms with Gasteiger partial charge in [0.1, 0.15) is 0 Å². The number of halogens is 1. The van der Waals surface area contributed by atoms with Crippen LogP contribution >= 0.6 is 0 Å². The number of nitrogens with zero attached hydrogens (tertiary/aromatic N) is 5. The van der Waals surface area contributed by atoms with Crippen molar-refractivity contribution in [1.29, 1.82) is 0 Å². The zero-order valence-corrected chi connectivity index (χ0v) is 11.8. The van der Waals surface area contributed by atoms with Gasteiger partial charge in [-0.15, -0.1) is 5.10 Å². The molecule has 3 rings (SSSR count). The van der Waals surface area contributed by atoms with E-state index in [2.05, 4.69) is 25.4 Å². The number of piperazine rings is 1. The average molecular weight is 302 g/mol. The van der Waals surface area contributed by atoms with Gasteiger partial charge in [0.2, 0.25) is 0 Å². The lowest BCUT2D eigenvalue weighted by atomic mass is 10.3. The number of amides is 2. The van der Waals surface area contributed by atoms with Crippen LogP contribution in [-0.4, -0.2) is 52.3 Å². The van der Waals surface area contributed by atoms with Gasteiger partial charge >= 0.3 is 6.03 Å². The normalized spacial score (nSPS) is 14.8. The lowest BCUT2D eigenvalue weighted by Gasteiger charge is -2.35. The van der Waals surface area contributed by atoms with Crippen molar-refractivity contribution in [3.05, 3.63) is 42.6 Å². The van der Waals surface area contributed by atoms with Gasteiger partial charge in [-0.3, -0.25) is 4.98 Å². The molecule has 1 saturated heterocycles. The minimum absolute atomic E-state index is 0.136. The van der Waals surface area contributed by atoms with Gasteiger partial charge in [0.15, 0.2) is 11.6 Å². The fourth-order valence-electron chi connectivity index (χ4n) is 2.27. The summed E-state index contributed by atoms with van der Waals surface area (Å²) in [5.41, 5.74) is 0.136. The summed E-state index contributed by atoms with van der Waals surface area (Å²) >= 11 is 0. The quantitative estimate of drug-likeness (QED) is 0.907. The van der Waals surface area contributed by atoms with Gasteiger partial charge in [0.05, 0.1) is 11.9 Å². The van der Waals surface area contributed by atoms with Crippen LogP contribution in [0.3, 0.4) is 0 Å². The van der Waals surface area contributed by atoms with Crippen molar-refractivity contribution >= 4 is 17.5 Å². The first-order valence-electron chi connectivity index (χ1n) is 6.92. The SMILES string of the molecule is O=C(Nc1ccncc1F)N1CCN(c2cccnn2)CC1. The summed E-state index contributed by atoms with van der Waals surface area (Å²) in [6, 6.07) is 4.83. The van der Waals surface area contributed by atoms with Crippen molar-refractivity contribution < 1.29 is 9.18 Å². The summed E-state index contributed by atoms with van der Waals surface area (Å²) in [4.78, 5) is 19.5. The van der Waals surface area contributed by atoms with Gasteiger partial charge in [-0.2, -0.15) is 5.10 Å². The molecule has 2 aromatic heterocycles. The molecular formula is C14H15FN6O. The molecule has 0 bridgehead atoms. The van der Waals surface area contributed by atoms with E-state index in [1.807, 2.05) is 12.1 Å². The molecule has 1 N–H and O–H groups in total. The minimum atomic E-state index is -0.547. The Hall–Kier alpha value is -2.77. The van der Waals surface area contributed by atoms with Crippen LogP contribution in [0.5, 0.6) is 0 Å². The van der Waals surface area contributed by atoms with E-state index in [0.29, 0.717) is 26.2 Å². The summed E-state index contributed by atoms with van der Waals surface area (Å²) in [6.07, 6.45) is 4.13. The Kier molecular flexibility index (Phi) is 4.08. The highest BCUT2D eigenvalue weighted by atomic mass is 19.1. The predicted octanol–water partition coefficient (Wildman–Crippen LogP) is 1.36. The molecule has 1 aliphatic heterocycles. The predicted molar refractivity (Wildman–Crippen MR) is 79.0 cm³/mol. The molecule has 114 valence electrons. The molecule has 2 amide bonds. The highest BCUT2D eigenvalue weighted by Gasteiger charge is 2.22. The standard InChI is InChI=1S/C14H15FN6O/c15-11-10-16-5-3-12(11)18-14(22)21-8-6-20(7-9-21)13-2-1-4-17-19-13/h1-5,10H,6-9H2,(H,16,18,22). The van der Waals surface area contributed by atoms with Crippen molar-refractivity contribution in [3.63, 3.8) is 0 Å². The number of carbonyl (C=O) groups excluding carboxylic acids is 1. The molecule has 1 fully saturated rings. The Morgan fingerprint density at radius 2 is 2.00 bits per heavy atom. The van der Waals surface area contributed by atoms with E-state index in [1.165, 1.54) is 12.3 Å². The van der Waals surface area contributed by atoms with Crippen molar-refractivity contribution in [2.75, 3.05) is 36.4 Å². The van der Waals surface area contributed by atoms with Crippen LogP contribution in [0.4, 0.5) is 20.7 Å². The highest BCUT2D eigenvalue weighted by Crippen LogP contribution is 2.14. The maximum atomic E-state index is 13.5. The second-order valence-corrected chi connectivity index (χ2v) is 4.84. The molecule has 0 unspecified atom stereocenters. The first kappa shape index (κ1) is 14.2. The number of urea groups is 1. The van der Waals surface area contributed by atoms with Crippen molar-refractivity contribution in [3.8, 4) is 0 Å². The van der Waals surface area contributed by atoms with Crippen molar-refractivity contribution in [2.45, 2.75) is 0 Å². The van der Waals surface area contributed by atoms with Crippen LogP contribution in [-0.2, 0) is 0 Å². The van der Waals surface area contributed by atoms with Gasteiger partial charge in [-0.05, 0) is 18.2 Å². The van der Waals surface area contributed by atoms with Crippen LogP contribution < -0.4 is 10.2 Å². The van der Waals surface area contributed by atoms with E-state index in [-0.39, 0.29) is 11.7 Å². The maximum absolute atomic E-state index is 13.5. The van der Waals surface area contributed by atoms with E-state index in [1.54, 1.807) is 11.1 Å². The summed E-state index contributed by atoms with van der Waals surface area (Å²) in [6.45, 7) is 2.39. The molecular weight excluding hydrogens is 287 g/mol. The van der Waals surface area contributed by atoms with Crippen LogP contribution in [0.2, 0.25) is 0 Å². The van der Waals surface area contributed by atoms with Gasteiger partial charge in [0.25, 0.3) is 0 Å². The lowest BCUT2D eigenvalue weighted by molar-refractivity contribution is 0.208. The smallest absolute Gasteiger partial charge is 0.322 e. The second kappa shape index (κ2) is 6.33. The van der Waals surface area contributed by atoms with E-state index in [9.17, 15) is 9.18 Å². The first-order valence-corrected chi connectivity index (χ1v) is 6.92. The van der Waals surface area contributed by atoms with Crippen molar-refractivity contribution in [1.82, 2.24) is 20.1 Å². The molecule has 1 aliphatic rings. The van der Waals surface area contributed by atoms with Gasteiger partial charge in [0, 0.05) is 38.6 Å². The number of pyridine rings is 1. The van der Waals surface area contributed by atoms with E-state index in [0.717, 1.165) is 12.0 Å². The van der Waals surface area contributed by atoms with Crippen LogP contribution in [0, 0.1) is 5.82 Å². The number of anilines is 2. The minimum Gasteiger partial charge on any atom is -0.352 e. The van der Waals surface area contributed by atoms with Crippen molar-refractivity contribution in [2.24, 2.45) is 0 Å². The number of hydrogen-bond donors (Lipinski definition) is 1. The fourth-order valence-corrected chi connectivity index (χ4v) is 2.27. The molecule has 0 atom stereocenters. The molecule has 2 aromatic rings. The van der Waals surface area contributed by atoms with E-state index < -0.39 is 5.82 Å². The number of hydrogen-bond acceptors (Lipinski definition) is 5. The third kappa shape index (κ3) is 3.11. The van der Waals surface area contributed by atoms with Gasteiger partial charge in [-0.25, -0.2) is 9.18 Å². The molecule has 0 radical (unpaired) electrons. The summed E-state index contributed by atoms with van der Waals surface area (Å²) in [5.74, 6) is 0.247. The monoisotopic (exact) mass is 302 g/mol. The Labute approximate surface area is 126 Å². The molecule has 0 aliphatic carbocycles. The lowest BCUT2D eigenvalue weighted by Crippen LogP contribution is -2.50. The topological polar surface area (TPSA) is 74.2 Å². The number of rotatable bonds is 2. The largest absolute Gasteiger partial charge is 0.352 e. The van der Waals surface area contributed by atoms with Gasteiger partial charge in [-0.1, -0.05) is 0 Å². The molecule has 0 saturated carbocycles. The highest BCUT2D eigenvalue weighted by molar-refractivity contribution is 5.89. The van der Waals surface area contributed by atoms with Crippen LogP contribution in [0.15, 0.2) is 36.8 Å². The zero-order valence-electron chi connectivity index (χ0n) is 11.8. The Bertz CT molecular complexity index is 645. The Balaban J connectivity index is 1.57. The number of carbonyl (C=O) groups is 1. The van der Waals surface area contributed by atoms with E-state index in [4.69, 9.17) is 0 Å². The average Bonchev–Trinajstić information content (AvgIpc) is 2.58. The fraction of sp³-hybridized carbons (Fsp3) is 0.286. The number of aromatic nitrogens is 3. The van der Waals surface area contributed by atoms with Gasteiger partial charge < -0.3 is 15.1 Å².